The largest absolute Gasteiger partial charge is 0.350 e. The first kappa shape index (κ1) is 22.5. The van der Waals surface area contributed by atoms with Crippen molar-refractivity contribution in [3.63, 3.8) is 0 Å². The van der Waals surface area contributed by atoms with Crippen LogP contribution >= 0.6 is 0 Å². The lowest BCUT2D eigenvalue weighted by Gasteiger charge is -2.32. The van der Waals surface area contributed by atoms with E-state index in [1.54, 1.807) is 27.8 Å². The first-order valence-electron chi connectivity index (χ1n) is 11.4. The first-order valence-corrected chi connectivity index (χ1v) is 11.4. The summed E-state index contributed by atoms with van der Waals surface area (Å²) in [6.45, 7) is 4.15. The zero-order chi connectivity index (χ0) is 24.4. The van der Waals surface area contributed by atoms with Gasteiger partial charge in [0.15, 0.2) is 0 Å². The summed E-state index contributed by atoms with van der Waals surface area (Å²) in [5, 5.41) is 15.2. The van der Waals surface area contributed by atoms with Crippen molar-refractivity contribution in [2.24, 2.45) is 0 Å². The van der Waals surface area contributed by atoms with Crippen LogP contribution in [0.2, 0.25) is 0 Å². The Labute approximate surface area is 202 Å². The van der Waals surface area contributed by atoms with Crippen molar-refractivity contribution in [3.05, 3.63) is 113 Å². The van der Waals surface area contributed by atoms with Crippen LogP contribution in [0.15, 0.2) is 78.9 Å². The van der Waals surface area contributed by atoms with Crippen LogP contribution < -0.4 is 10.2 Å². The van der Waals surface area contributed by atoms with Crippen molar-refractivity contribution in [1.29, 1.82) is 0 Å². The van der Waals surface area contributed by atoms with Crippen LogP contribution in [-0.2, 0) is 11.3 Å². The average Bonchev–Trinajstić information content (AvgIpc) is 3.35. The number of halogens is 1. The number of aromatic nitrogens is 4. The highest BCUT2D eigenvalue weighted by atomic mass is 19.1. The third-order valence-corrected chi connectivity index (χ3v) is 6.09. The normalized spacial score (nSPS) is 14.9. The molecule has 1 aliphatic rings. The van der Waals surface area contributed by atoms with Crippen molar-refractivity contribution < 1.29 is 9.18 Å². The van der Waals surface area contributed by atoms with Gasteiger partial charge in [0.05, 0.1) is 5.70 Å². The van der Waals surface area contributed by atoms with Crippen LogP contribution in [0.1, 0.15) is 33.9 Å². The van der Waals surface area contributed by atoms with Crippen LogP contribution in [0.4, 0.5) is 10.3 Å². The van der Waals surface area contributed by atoms with Crippen molar-refractivity contribution in [2.75, 3.05) is 11.4 Å². The van der Waals surface area contributed by atoms with E-state index in [2.05, 4.69) is 51.2 Å². The molecule has 0 spiro atoms. The number of fused-ring (bicyclic) bond motifs is 1. The number of hydrogen-bond donors (Lipinski definition) is 1. The highest BCUT2D eigenvalue weighted by molar-refractivity contribution is 5.89. The minimum atomic E-state index is -0.351. The molecule has 8 heteroatoms. The molecule has 35 heavy (non-hydrogen) atoms. The van der Waals surface area contributed by atoms with Gasteiger partial charge in [-0.15, -0.1) is 0 Å². The molecule has 0 aliphatic carbocycles. The maximum absolute atomic E-state index is 14.0. The van der Waals surface area contributed by atoms with E-state index in [9.17, 15) is 9.18 Å². The van der Waals surface area contributed by atoms with Gasteiger partial charge in [0, 0.05) is 12.1 Å². The molecule has 3 aromatic carbocycles. The van der Waals surface area contributed by atoms with Gasteiger partial charge in [-0.2, -0.15) is 4.68 Å². The maximum Gasteiger partial charge on any atom is 0.251 e. The number of allylic oxidation sites excluding steroid dienone is 1. The summed E-state index contributed by atoms with van der Waals surface area (Å²) in [7, 11) is 0. The molecule has 7 nitrogen and oxygen atoms in total. The summed E-state index contributed by atoms with van der Waals surface area (Å²) >= 11 is 0. The zero-order valence-corrected chi connectivity index (χ0v) is 19.5. The third-order valence-electron chi connectivity index (χ3n) is 6.09. The maximum atomic E-state index is 14.0. The van der Waals surface area contributed by atoms with E-state index >= 15 is 0 Å². The van der Waals surface area contributed by atoms with Crippen molar-refractivity contribution in [3.8, 4) is 0 Å². The number of tetrazole rings is 1. The average molecular weight is 469 g/mol. The van der Waals surface area contributed by atoms with E-state index in [1.165, 1.54) is 6.07 Å². The predicted octanol–water partition coefficient (Wildman–Crippen LogP) is 4.20. The van der Waals surface area contributed by atoms with Gasteiger partial charge in [0.1, 0.15) is 18.4 Å². The summed E-state index contributed by atoms with van der Waals surface area (Å²) in [4.78, 5) is 14.8. The molecule has 4 aromatic rings. The van der Waals surface area contributed by atoms with E-state index in [4.69, 9.17) is 0 Å². The summed E-state index contributed by atoms with van der Waals surface area (Å²) < 4.78 is 15.7. The molecule has 0 bridgehead atoms. The molecule has 2 heterocycles. The Kier molecular flexibility index (Phi) is 6.10. The fourth-order valence-corrected chi connectivity index (χ4v) is 4.13. The molecule has 1 amide bonds. The summed E-state index contributed by atoms with van der Waals surface area (Å²) in [6.07, 6.45) is 2.07. The second kappa shape index (κ2) is 9.50. The Morgan fingerprint density at radius 1 is 0.971 bits per heavy atom. The number of carbonyl (C=O) groups is 1. The lowest BCUT2D eigenvalue weighted by atomic mass is 9.99. The second-order valence-corrected chi connectivity index (χ2v) is 8.65. The standard InChI is InChI=1S/C27H25FN6O/c1-18-7-11-20(12-8-18)24-15-25(21-13-9-19(2)10-14-21)34-27(30-31-32-34)33(24)17-26(35)29-16-22-5-3-4-6-23(22)28/h3-15,25H,16-17H2,1-2H3,(H,29,35)/t25-/m1/s1. The molecule has 1 atom stereocenters. The summed E-state index contributed by atoms with van der Waals surface area (Å²) in [5.41, 5.74) is 5.55. The van der Waals surface area contributed by atoms with E-state index in [0.29, 0.717) is 11.5 Å². The highest BCUT2D eigenvalue weighted by Crippen LogP contribution is 2.36. The topological polar surface area (TPSA) is 75.9 Å². The Bertz CT molecular complexity index is 1380. The van der Waals surface area contributed by atoms with Crippen molar-refractivity contribution in [2.45, 2.75) is 26.4 Å². The number of hydrogen-bond acceptors (Lipinski definition) is 5. The van der Waals surface area contributed by atoms with E-state index in [-0.39, 0.29) is 30.9 Å². The fourth-order valence-electron chi connectivity index (χ4n) is 4.13. The van der Waals surface area contributed by atoms with Crippen LogP contribution in [0.5, 0.6) is 0 Å². The smallest absolute Gasteiger partial charge is 0.251 e. The number of amides is 1. The van der Waals surface area contributed by atoms with Crippen LogP contribution in [-0.4, -0.2) is 32.7 Å². The number of rotatable bonds is 6. The van der Waals surface area contributed by atoms with Crippen molar-refractivity contribution >= 4 is 17.6 Å². The molecule has 176 valence electrons. The molecule has 0 radical (unpaired) electrons. The number of benzene rings is 3. The van der Waals surface area contributed by atoms with Crippen LogP contribution in [0.3, 0.4) is 0 Å². The molecule has 1 aromatic heterocycles. The van der Waals surface area contributed by atoms with Crippen molar-refractivity contribution in [1.82, 2.24) is 25.5 Å². The number of nitrogens with one attached hydrogen (secondary N) is 1. The molecule has 1 aliphatic heterocycles. The molecular weight excluding hydrogens is 443 g/mol. The van der Waals surface area contributed by atoms with E-state index in [0.717, 1.165) is 28.0 Å². The van der Waals surface area contributed by atoms with Gasteiger partial charge in [-0.25, -0.2) is 4.39 Å². The first-order chi connectivity index (χ1) is 17.0. The van der Waals surface area contributed by atoms with Gasteiger partial charge >= 0.3 is 0 Å². The van der Waals surface area contributed by atoms with Gasteiger partial charge in [-0.3, -0.25) is 9.69 Å². The zero-order valence-electron chi connectivity index (χ0n) is 19.5. The SMILES string of the molecule is Cc1ccc(C2=C[C@H](c3ccc(C)cc3)n3nnnc3N2CC(=O)NCc2ccccc2F)cc1. The number of aryl methyl sites for hydroxylation is 2. The van der Waals surface area contributed by atoms with Crippen LogP contribution in [0.25, 0.3) is 5.70 Å². The molecule has 5 rings (SSSR count). The van der Waals surface area contributed by atoms with Gasteiger partial charge in [0.2, 0.25) is 5.91 Å². The van der Waals surface area contributed by atoms with Gasteiger partial charge in [0.25, 0.3) is 5.95 Å². The van der Waals surface area contributed by atoms with E-state index in [1.807, 2.05) is 38.1 Å². The molecular formula is C27H25FN6O. The van der Waals surface area contributed by atoms with Gasteiger partial charge in [-0.1, -0.05) is 83.0 Å². The van der Waals surface area contributed by atoms with Crippen LogP contribution in [0, 0.1) is 19.7 Å². The van der Waals surface area contributed by atoms with Gasteiger partial charge in [-0.05, 0) is 47.5 Å². The number of anilines is 1. The van der Waals surface area contributed by atoms with Gasteiger partial charge < -0.3 is 5.32 Å². The monoisotopic (exact) mass is 468 g/mol. The Balaban J connectivity index is 1.48. The molecule has 1 N–H and O–H groups in total. The highest BCUT2D eigenvalue weighted by Gasteiger charge is 2.31. The quantitative estimate of drug-likeness (QED) is 0.459. The lowest BCUT2D eigenvalue weighted by molar-refractivity contribution is -0.119. The Morgan fingerprint density at radius 2 is 1.66 bits per heavy atom. The minimum absolute atomic E-state index is 0.0187. The molecule has 0 saturated carbocycles. The summed E-state index contributed by atoms with van der Waals surface area (Å²) in [6, 6.07) is 22.5. The molecule has 0 fully saturated rings. The molecule has 0 saturated heterocycles. The molecule has 0 unspecified atom stereocenters. The third kappa shape index (κ3) is 4.68. The Hall–Kier alpha value is -4.33. The fraction of sp³-hybridized carbons (Fsp3) is 0.185. The summed E-state index contributed by atoms with van der Waals surface area (Å²) in [5.74, 6) is -0.153. The Morgan fingerprint density at radius 3 is 2.37 bits per heavy atom. The number of nitrogens with zero attached hydrogens (tertiary/aromatic N) is 5. The lowest BCUT2D eigenvalue weighted by Crippen LogP contribution is -2.40. The second-order valence-electron chi connectivity index (χ2n) is 8.65. The van der Waals surface area contributed by atoms with E-state index < -0.39 is 0 Å². The predicted molar refractivity (Wildman–Crippen MR) is 132 cm³/mol. The minimum Gasteiger partial charge on any atom is -0.350 e. The number of carbonyl (C=O) groups excluding carboxylic acids is 1.